The van der Waals surface area contributed by atoms with E-state index < -0.39 is 5.97 Å². The number of hydrogen-bond acceptors (Lipinski definition) is 2. The third kappa shape index (κ3) is 2.98. The predicted molar refractivity (Wildman–Crippen MR) is 61.5 cm³/mol. The van der Waals surface area contributed by atoms with E-state index >= 15 is 0 Å². The minimum atomic E-state index is -0.884. The van der Waals surface area contributed by atoms with E-state index in [-0.39, 0.29) is 5.54 Å². The summed E-state index contributed by atoms with van der Waals surface area (Å²) in [5.74, 6) is -0.884. The topological polar surface area (TPSA) is 49.3 Å². The fourth-order valence-electron chi connectivity index (χ4n) is 1.41. The SMILES string of the molecule is Cc1c(NC(C)(C)C)cccc1C(=O)O. The van der Waals surface area contributed by atoms with Crippen LogP contribution in [0.2, 0.25) is 0 Å². The van der Waals surface area contributed by atoms with Gasteiger partial charge in [0.15, 0.2) is 0 Å². The van der Waals surface area contributed by atoms with Gasteiger partial charge in [-0.3, -0.25) is 0 Å². The largest absolute Gasteiger partial charge is 0.478 e. The van der Waals surface area contributed by atoms with Gasteiger partial charge >= 0.3 is 5.97 Å². The molecule has 3 heteroatoms. The summed E-state index contributed by atoms with van der Waals surface area (Å²) in [7, 11) is 0. The molecular formula is C12H17NO2. The molecule has 82 valence electrons. The quantitative estimate of drug-likeness (QED) is 0.784. The molecule has 0 aliphatic carbocycles. The molecule has 0 heterocycles. The average Bonchev–Trinajstić information content (AvgIpc) is 2.05. The first-order valence-electron chi connectivity index (χ1n) is 4.92. The lowest BCUT2D eigenvalue weighted by molar-refractivity contribution is 0.0696. The molecule has 0 saturated heterocycles. The Balaban J connectivity index is 3.10. The Morgan fingerprint density at radius 3 is 2.40 bits per heavy atom. The summed E-state index contributed by atoms with van der Waals surface area (Å²) in [5.41, 5.74) is 1.94. The molecule has 0 aliphatic heterocycles. The van der Waals surface area contributed by atoms with Gasteiger partial charge in [-0.25, -0.2) is 4.79 Å². The molecule has 0 atom stereocenters. The number of rotatable bonds is 2. The predicted octanol–water partition coefficient (Wildman–Crippen LogP) is 2.90. The van der Waals surface area contributed by atoms with Crippen LogP contribution < -0.4 is 5.32 Å². The molecule has 2 N–H and O–H groups in total. The van der Waals surface area contributed by atoms with Crippen LogP contribution in [-0.4, -0.2) is 16.6 Å². The van der Waals surface area contributed by atoms with Gasteiger partial charge in [0.25, 0.3) is 0 Å². The second-order valence-corrected chi connectivity index (χ2v) is 4.66. The standard InChI is InChI=1S/C12H17NO2/c1-8-9(11(14)15)6-5-7-10(8)13-12(2,3)4/h5-7,13H,1-4H3,(H,14,15). The van der Waals surface area contributed by atoms with Crippen molar-refractivity contribution in [3.05, 3.63) is 29.3 Å². The Labute approximate surface area is 90.1 Å². The van der Waals surface area contributed by atoms with E-state index in [0.717, 1.165) is 11.3 Å². The molecule has 0 unspecified atom stereocenters. The molecule has 0 aromatic heterocycles. The van der Waals surface area contributed by atoms with Gasteiger partial charge in [0.2, 0.25) is 0 Å². The first kappa shape index (κ1) is 11.6. The van der Waals surface area contributed by atoms with E-state index in [1.165, 1.54) is 0 Å². The summed E-state index contributed by atoms with van der Waals surface area (Å²) in [4.78, 5) is 10.9. The van der Waals surface area contributed by atoms with Gasteiger partial charge in [0.05, 0.1) is 5.56 Å². The maximum atomic E-state index is 10.9. The van der Waals surface area contributed by atoms with Crippen LogP contribution >= 0.6 is 0 Å². The molecule has 1 aromatic rings. The zero-order valence-corrected chi connectivity index (χ0v) is 9.59. The van der Waals surface area contributed by atoms with Gasteiger partial charge in [-0.05, 0) is 45.4 Å². The molecule has 1 rings (SSSR count). The lowest BCUT2D eigenvalue weighted by Gasteiger charge is -2.24. The van der Waals surface area contributed by atoms with E-state index in [0.29, 0.717) is 5.56 Å². The summed E-state index contributed by atoms with van der Waals surface area (Å²) in [6, 6.07) is 5.27. The normalized spacial score (nSPS) is 11.2. The summed E-state index contributed by atoms with van der Waals surface area (Å²) in [5, 5.41) is 12.2. The number of carboxylic acid groups (broad SMARTS) is 1. The van der Waals surface area contributed by atoms with Crippen molar-refractivity contribution >= 4 is 11.7 Å². The molecule has 0 spiro atoms. The highest BCUT2D eigenvalue weighted by Gasteiger charge is 2.14. The fourth-order valence-corrected chi connectivity index (χ4v) is 1.41. The highest BCUT2D eigenvalue weighted by Crippen LogP contribution is 2.22. The Kier molecular flexibility index (Phi) is 3.03. The number of carboxylic acids is 1. The number of anilines is 1. The van der Waals surface area contributed by atoms with Crippen molar-refractivity contribution in [3.63, 3.8) is 0 Å². The molecule has 0 amide bonds. The van der Waals surface area contributed by atoms with Crippen LogP contribution in [0.3, 0.4) is 0 Å². The van der Waals surface area contributed by atoms with Gasteiger partial charge < -0.3 is 10.4 Å². The number of hydrogen-bond donors (Lipinski definition) is 2. The van der Waals surface area contributed by atoms with Crippen molar-refractivity contribution in [3.8, 4) is 0 Å². The summed E-state index contributed by atoms with van der Waals surface area (Å²) in [6.07, 6.45) is 0. The minimum absolute atomic E-state index is 0.0676. The van der Waals surface area contributed by atoms with E-state index in [4.69, 9.17) is 5.11 Å². The monoisotopic (exact) mass is 207 g/mol. The molecule has 0 saturated carbocycles. The van der Waals surface area contributed by atoms with Crippen molar-refractivity contribution < 1.29 is 9.90 Å². The Morgan fingerprint density at radius 2 is 1.93 bits per heavy atom. The lowest BCUT2D eigenvalue weighted by atomic mass is 10.0. The van der Waals surface area contributed by atoms with E-state index in [2.05, 4.69) is 5.32 Å². The van der Waals surface area contributed by atoms with Gasteiger partial charge in [-0.1, -0.05) is 6.07 Å². The van der Waals surface area contributed by atoms with Crippen molar-refractivity contribution in [2.24, 2.45) is 0 Å². The number of benzene rings is 1. The van der Waals surface area contributed by atoms with Crippen LogP contribution in [0.1, 0.15) is 36.7 Å². The van der Waals surface area contributed by atoms with Crippen LogP contribution in [0.15, 0.2) is 18.2 Å². The van der Waals surface area contributed by atoms with Crippen molar-refractivity contribution in [1.82, 2.24) is 0 Å². The first-order chi connectivity index (χ1) is 6.81. The number of aromatic carboxylic acids is 1. The summed E-state index contributed by atoms with van der Waals surface area (Å²) in [6.45, 7) is 7.94. The van der Waals surface area contributed by atoms with Crippen LogP contribution in [-0.2, 0) is 0 Å². The number of nitrogens with one attached hydrogen (secondary N) is 1. The van der Waals surface area contributed by atoms with Crippen LogP contribution in [0, 0.1) is 6.92 Å². The fraction of sp³-hybridized carbons (Fsp3) is 0.417. The van der Waals surface area contributed by atoms with Gasteiger partial charge in [0, 0.05) is 11.2 Å². The average molecular weight is 207 g/mol. The smallest absolute Gasteiger partial charge is 0.336 e. The molecule has 0 fully saturated rings. The molecule has 0 aliphatic rings. The second kappa shape index (κ2) is 3.93. The zero-order valence-electron chi connectivity index (χ0n) is 9.59. The van der Waals surface area contributed by atoms with Gasteiger partial charge in [-0.15, -0.1) is 0 Å². The van der Waals surface area contributed by atoms with Gasteiger partial charge in [0.1, 0.15) is 0 Å². The van der Waals surface area contributed by atoms with Crippen LogP contribution in [0.5, 0.6) is 0 Å². The molecule has 0 radical (unpaired) electrons. The lowest BCUT2D eigenvalue weighted by Crippen LogP contribution is -2.26. The Bertz CT molecular complexity index is 378. The molecular weight excluding hydrogens is 190 g/mol. The van der Waals surface area contributed by atoms with Crippen molar-refractivity contribution in [2.75, 3.05) is 5.32 Å². The molecule has 1 aromatic carbocycles. The Hall–Kier alpha value is -1.51. The first-order valence-corrected chi connectivity index (χ1v) is 4.92. The zero-order chi connectivity index (χ0) is 11.6. The maximum Gasteiger partial charge on any atom is 0.336 e. The molecule has 15 heavy (non-hydrogen) atoms. The third-order valence-corrected chi connectivity index (χ3v) is 2.07. The van der Waals surface area contributed by atoms with Crippen LogP contribution in [0.25, 0.3) is 0 Å². The van der Waals surface area contributed by atoms with Crippen molar-refractivity contribution in [2.45, 2.75) is 33.2 Å². The second-order valence-electron chi connectivity index (χ2n) is 4.66. The molecule has 3 nitrogen and oxygen atoms in total. The summed E-state index contributed by atoms with van der Waals surface area (Å²) < 4.78 is 0. The maximum absolute atomic E-state index is 10.9. The van der Waals surface area contributed by atoms with Crippen molar-refractivity contribution in [1.29, 1.82) is 0 Å². The minimum Gasteiger partial charge on any atom is -0.478 e. The van der Waals surface area contributed by atoms with Gasteiger partial charge in [-0.2, -0.15) is 0 Å². The number of carbonyl (C=O) groups is 1. The highest BCUT2D eigenvalue weighted by atomic mass is 16.4. The molecule has 0 bridgehead atoms. The third-order valence-electron chi connectivity index (χ3n) is 2.07. The highest BCUT2D eigenvalue weighted by molar-refractivity contribution is 5.91. The Morgan fingerprint density at radius 1 is 1.33 bits per heavy atom. The summed E-state index contributed by atoms with van der Waals surface area (Å²) >= 11 is 0. The van der Waals surface area contributed by atoms with Crippen LogP contribution in [0.4, 0.5) is 5.69 Å². The van der Waals surface area contributed by atoms with E-state index in [1.807, 2.05) is 33.8 Å². The van der Waals surface area contributed by atoms with E-state index in [1.54, 1.807) is 12.1 Å². The van der Waals surface area contributed by atoms with E-state index in [9.17, 15) is 4.79 Å².